The minimum atomic E-state index is 0. The Bertz CT molecular complexity index is 657. The molecule has 0 saturated carbocycles. The zero-order chi connectivity index (χ0) is 18.5. The normalized spacial score (nSPS) is 11.0. The maximum Gasteiger partial charge on any atom is 0.195 e. The van der Waals surface area contributed by atoms with Gasteiger partial charge in [-0.1, -0.05) is 17.8 Å². The molecule has 1 heterocycles. The molecule has 0 saturated heterocycles. The van der Waals surface area contributed by atoms with Gasteiger partial charge in [0.05, 0.1) is 6.61 Å². The summed E-state index contributed by atoms with van der Waals surface area (Å²) in [5, 5.41) is 8.62. The van der Waals surface area contributed by atoms with Gasteiger partial charge in [-0.3, -0.25) is 4.99 Å². The lowest BCUT2D eigenvalue weighted by Crippen LogP contribution is -2.31. The van der Waals surface area contributed by atoms with E-state index in [0.29, 0.717) is 13.2 Å². The topological polar surface area (TPSA) is 67.8 Å². The number of aromatic nitrogens is 1. The predicted octanol–water partition coefficient (Wildman–Crippen LogP) is 4.35. The summed E-state index contributed by atoms with van der Waals surface area (Å²) in [5.74, 6) is 2.62. The SMILES string of the molecule is CN=C(NCCCSc1nccs1)Nc1cccc(OCCCOC)c1.I. The molecular weight excluding hydrogens is 495 g/mol. The van der Waals surface area contributed by atoms with Gasteiger partial charge in [-0.15, -0.1) is 35.3 Å². The standard InChI is InChI=1S/C18H26N4O2S2.HI/c1-19-17(20-8-4-12-25-18-21-9-13-26-18)22-15-6-3-7-16(14-15)24-11-5-10-23-2;/h3,6-7,9,13-14H,4-5,8,10-12H2,1-2H3,(H2,19,20,22);1H. The molecule has 0 aliphatic carbocycles. The van der Waals surface area contributed by atoms with Gasteiger partial charge in [0.2, 0.25) is 0 Å². The van der Waals surface area contributed by atoms with Crippen LogP contribution < -0.4 is 15.4 Å². The van der Waals surface area contributed by atoms with Crippen molar-refractivity contribution in [3.63, 3.8) is 0 Å². The molecule has 150 valence electrons. The van der Waals surface area contributed by atoms with E-state index in [9.17, 15) is 0 Å². The van der Waals surface area contributed by atoms with Gasteiger partial charge in [-0.25, -0.2) is 4.98 Å². The number of hydrogen-bond acceptors (Lipinski definition) is 6. The first-order valence-electron chi connectivity index (χ1n) is 8.53. The van der Waals surface area contributed by atoms with Crippen LogP contribution in [0.15, 0.2) is 45.2 Å². The molecule has 2 aromatic rings. The number of anilines is 1. The van der Waals surface area contributed by atoms with Crippen LogP contribution in [0.3, 0.4) is 0 Å². The second kappa shape index (κ2) is 14.9. The Kier molecular flexibility index (Phi) is 13.3. The average molecular weight is 522 g/mol. The molecule has 6 nitrogen and oxygen atoms in total. The maximum absolute atomic E-state index is 5.72. The fourth-order valence-electron chi connectivity index (χ4n) is 2.09. The summed E-state index contributed by atoms with van der Waals surface area (Å²) in [5.41, 5.74) is 0.944. The molecular formula is C18H27IN4O2S2. The summed E-state index contributed by atoms with van der Waals surface area (Å²) in [6.45, 7) is 2.20. The number of thiazole rings is 1. The van der Waals surface area contributed by atoms with Gasteiger partial charge in [0, 0.05) is 62.8 Å². The van der Waals surface area contributed by atoms with Crippen molar-refractivity contribution < 1.29 is 9.47 Å². The Hall–Kier alpha value is -1.04. The number of rotatable bonds is 11. The largest absolute Gasteiger partial charge is 0.493 e. The lowest BCUT2D eigenvalue weighted by Gasteiger charge is -2.13. The van der Waals surface area contributed by atoms with E-state index < -0.39 is 0 Å². The van der Waals surface area contributed by atoms with E-state index in [1.54, 1.807) is 37.3 Å². The average Bonchev–Trinajstić information content (AvgIpc) is 3.18. The van der Waals surface area contributed by atoms with Crippen LogP contribution in [0.1, 0.15) is 12.8 Å². The number of methoxy groups -OCH3 is 1. The number of benzene rings is 1. The Morgan fingerprint density at radius 2 is 2.19 bits per heavy atom. The number of nitrogens with zero attached hydrogens (tertiary/aromatic N) is 2. The highest BCUT2D eigenvalue weighted by atomic mass is 127. The van der Waals surface area contributed by atoms with E-state index in [1.165, 1.54) is 0 Å². The third-order valence-corrected chi connectivity index (χ3v) is 5.38. The van der Waals surface area contributed by atoms with Crippen molar-refractivity contribution in [3.05, 3.63) is 35.8 Å². The third kappa shape index (κ3) is 10.2. The summed E-state index contributed by atoms with van der Waals surface area (Å²) in [4.78, 5) is 8.53. The molecule has 9 heteroatoms. The Balaban J connectivity index is 0.00000364. The number of aliphatic imine (C=N–C) groups is 1. The summed E-state index contributed by atoms with van der Waals surface area (Å²) in [6, 6.07) is 7.88. The Morgan fingerprint density at radius 1 is 1.30 bits per heavy atom. The first-order chi connectivity index (χ1) is 12.8. The summed E-state index contributed by atoms with van der Waals surface area (Å²) in [7, 11) is 3.46. The van der Waals surface area contributed by atoms with E-state index >= 15 is 0 Å². The summed E-state index contributed by atoms with van der Waals surface area (Å²) in [6.07, 6.45) is 3.75. The fraction of sp³-hybridized carbons (Fsp3) is 0.444. The minimum absolute atomic E-state index is 0. The highest BCUT2D eigenvalue weighted by Gasteiger charge is 2.02. The lowest BCUT2D eigenvalue weighted by atomic mass is 10.3. The first kappa shape index (κ1) is 24.0. The molecule has 1 aromatic carbocycles. The van der Waals surface area contributed by atoms with Crippen molar-refractivity contribution in [3.8, 4) is 5.75 Å². The van der Waals surface area contributed by atoms with E-state index in [-0.39, 0.29) is 24.0 Å². The van der Waals surface area contributed by atoms with Gasteiger partial charge in [0.15, 0.2) is 5.96 Å². The van der Waals surface area contributed by atoms with Crippen LogP contribution in [0.25, 0.3) is 0 Å². The number of nitrogens with one attached hydrogen (secondary N) is 2. The van der Waals surface area contributed by atoms with E-state index in [4.69, 9.17) is 9.47 Å². The Labute approximate surface area is 186 Å². The van der Waals surface area contributed by atoms with E-state index in [2.05, 4.69) is 20.6 Å². The monoisotopic (exact) mass is 522 g/mol. The highest BCUT2D eigenvalue weighted by molar-refractivity contribution is 14.0. The van der Waals surface area contributed by atoms with Gasteiger partial charge in [-0.2, -0.15) is 0 Å². The molecule has 0 unspecified atom stereocenters. The zero-order valence-electron chi connectivity index (χ0n) is 15.6. The number of halogens is 1. The molecule has 2 N–H and O–H groups in total. The van der Waals surface area contributed by atoms with Crippen LogP contribution in [0.2, 0.25) is 0 Å². The number of hydrogen-bond donors (Lipinski definition) is 2. The van der Waals surface area contributed by atoms with Gasteiger partial charge >= 0.3 is 0 Å². The summed E-state index contributed by atoms with van der Waals surface area (Å²) < 4.78 is 11.9. The van der Waals surface area contributed by atoms with Gasteiger partial charge in [-0.05, 0) is 18.6 Å². The van der Waals surface area contributed by atoms with Gasteiger partial charge < -0.3 is 20.1 Å². The van der Waals surface area contributed by atoms with Crippen molar-refractivity contribution in [2.75, 3.05) is 45.0 Å². The minimum Gasteiger partial charge on any atom is -0.493 e. The molecule has 27 heavy (non-hydrogen) atoms. The van der Waals surface area contributed by atoms with Crippen molar-refractivity contribution in [2.45, 2.75) is 17.2 Å². The van der Waals surface area contributed by atoms with E-state index in [0.717, 1.165) is 46.9 Å². The molecule has 0 atom stereocenters. The van der Waals surface area contributed by atoms with Crippen LogP contribution in [0, 0.1) is 0 Å². The second-order valence-corrected chi connectivity index (χ2v) is 7.58. The van der Waals surface area contributed by atoms with Gasteiger partial charge in [0.25, 0.3) is 0 Å². The number of ether oxygens (including phenoxy) is 2. The van der Waals surface area contributed by atoms with Crippen LogP contribution in [0.5, 0.6) is 5.75 Å². The molecule has 0 aliphatic rings. The third-order valence-electron chi connectivity index (χ3n) is 3.33. The van der Waals surface area contributed by atoms with Crippen LogP contribution >= 0.6 is 47.1 Å². The van der Waals surface area contributed by atoms with Crippen molar-refractivity contribution in [2.24, 2.45) is 4.99 Å². The number of guanidine groups is 1. The molecule has 0 radical (unpaired) electrons. The van der Waals surface area contributed by atoms with Crippen molar-refractivity contribution in [1.29, 1.82) is 0 Å². The van der Waals surface area contributed by atoms with Crippen LogP contribution in [-0.2, 0) is 4.74 Å². The smallest absolute Gasteiger partial charge is 0.195 e. The molecule has 1 aromatic heterocycles. The molecule has 2 rings (SSSR count). The van der Waals surface area contributed by atoms with Crippen LogP contribution in [-0.4, -0.2) is 50.6 Å². The van der Waals surface area contributed by atoms with Crippen molar-refractivity contribution in [1.82, 2.24) is 10.3 Å². The molecule has 0 spiro atoms. The Morgan fingerprint density at radius 3 is 2.93 bits per heavy atom. The predicted molar refractivity (Wildman–Crippen MR) is 126 cm³/mol. The fourth-order valence-corrected chi connectivity index (χ4v) is 3.74. The molecule has 0 amide bonds. The molecule has 0 fully saturated rings. The summed E-state index contributed by atoms with van der Waals surface area (Å²) >= 11 is 3.46. The maximum atomic E-state index is 5.72. The number of thioether (sulfide) groups is 1. The van der Waals surface area contributed by atoms with Gasteiger partial charge in [0.1, 0.15) is 10.1 Å². The lowest BCUT2D eigenvalue weighted by molar-refractivity contribution is 0.172. The van der Waals surface area contributed by atoms with Crippen molar-refractivity contribution >= 4 is 58.7 Å². The second-order valence-electron chi connectivity index (χ2n) is 5.35. The zero-order valence-corrected chi connectivity index (χ0v) is 19.6. The van der Waals surface area contributed by atoms with E-state index in [1.807, 2.05) is 35.8 Å². The molecule has 0 aliphatic heterocycles. The molecule has 0 bridgehead atoms. The quantitative estimate of drug-likeness (QED) is 0.151. The van der Waals surface area contributed by atoms with Crippen LogP contribution in [0.4, 0.5) is 5.69 Å². The first-order valence-corrected chi connectivity index (χ1v) is 10.4. The highest BCUT2D eigenvalue weighted by Crippen LogP contribution is 2.20.